The zero-order valence-corrected chi connectivity index (χ0v) is 24.5. The summed E-state index contributed by atoms with van der Waals surface area (Å²) in [5.74, 6) is 0.247. The highest BCUT2D eigenvalue weighted by Crippen LogP contribution is 2.43. The number of hydrogen-bond donors (Lipinski definition) is 2. The Kier molecular flexibility index (Phi) is 7.39. The van der Waals surface area contributed by atoms with E-state index in [9.17, 15) is 9.59 Å². The van der Waals surface area contributed by atoms with Crippen LogP contribution in [0.2, 0.25) is 0 Å². The zero-order chi connectivity index (χ0) is 28.5. The molecule has 3 aliphatic carbocycles. The van der Waals surface area contributed by atoms with E-state index in [-0.39, 0.29) is 23.7 Å². The number of benzene rings is 2. The van der Waals surface area contributed by atoms with Crippen LogP contribution in [0, 0.1) is 6.42 Å². The van der Waals surface area contributed by atoms with Crippen molar-refractivity contribution < 1.29 is 9.59 Å². The largest absolute Gasteiger partial charge is 0.300 e. The molecule has 42 heavy (non-hydrogen) atoms. The molecular formula is C32H29N6O2S2+. The Morgan fingerprint density at radius 3 is 1.69 bits per heavy atom. The van der Waals surface area contributed by atoms with Crippen LogP contribution in [-0.2, 0) is 22.4 Å². The molecule has 1 saturated carbocycles. The first-order chi connectivity index (χ1) is 20.6. The number of carbonyl (C=O) groups is 2. The van der Waals surface area contributed by atoms with Crippen LogP contribution in [0.25, 0.3) is 11.1 Å². The van der Waals surface area contributed by atoms with Gasteiger partial charge in [-0.2, -0.15) is 0 Å². The predicted octanol–water partition coefficient (Wildman–Crippen LogP) is 6.58. The van der Waals surface area contributed by atoms with E-state index in [1.54, 1.807) is 0 Å². The summed E-state index contributed by atoms with van der Waals surface area (Å²) in [4.78, 5) is 25.5. The fourth-order valence-electron chi connectivity index (χ4n) is 6.05. The maximum atomic E-state index is 12.8. The monoisotopic (exact) mass is 593 g/mol. The maximum absolute atomic E-state index is 12.8. The van der Waals surface area contributed by atoms with Crippen LogP contribution in [0.15, 0.2) is 60.7 Å². The summed E-state index contributed by atoms with van der Waals surface area (Å²) in [5.41, 5.74) is 6.97. The number of hydrogen-bond acceptors (Lipinski definition) is 8. The van der Waals surface area contributed by atoms with Crippen LogP contribution in [0.3, 0.4) is 0 Å². The quantitative estimate of drug-likeness (QED) is 0.223. The van der Waals surface area contributed by atoms with Crippen molar-refractivity contribution in [3.63, 3.8) is 0 Å². The van der Waals surface area contributed by atoms with E-state index in [4.69, 9.17) is 0 Å². The molecule has 2 heterocycles. The Morgan fingerprint density at radius 1 is 0.714 bits per heavy atom. The van der Waals surface area contributed by atoms with Crippen molar-refractivity contribution in [1.29, 1.82) is 0 Å². The Bertz CT molecular complexity index is 1600. The number of rotatable bonds is 8. The molecule has 4 aromatic rings. The lowest BCUT2D eigenvalue weighted by Gasteiger charge is -2.20. The molecular weight excluding hydrogens is 565 g/mol. The van der Waals surface area contributed by atoms with Gasteiger partial charge in [-0.25, -0.2) is 0 Å². The molecule has 0 spiro atoms. The summed E-state index contributed by atoms with van der Waals surface area (Å²) in [7, 11) is 0. The van der Waals surface area contributed by atoms with Gasteiger partial charge in [-0.05, 0) is 52.7 Å². The van der Waals surface area contributed by atoms with E-state index in [0.717, 1.165) is 64.4 Å². The summed E-state index contributed by atoms with van der Waals surface area (Å²) in [6.45, 7) is 0. The molecule has 0 bridgehead atoms. The predicted molar refractivity (Wildman–Crippen MR) is 166 cm³/mol. The summed E-state index contributed by atoms with van der Waals surface area (Å²) < 4.78 is 0. The minimum Gasteiger partial charge on any atom is -0.300 e. The second-order valence-electron chi connectivity index (χ2n) is 10.9. The van der Waals surface area contributed by atoms with Gasteiger partial charge < -0.3 is 10.6 Å². The molecule has 10 heteroatoms. The third kappa shape index (κ3) is 5.64. The number of allylic oxidation sites excluding steroid dienone is 2. The van der Waals surface area contributed by atoms with E-state index in [1.807, 2.05) is 24.3 Å². The van der Waals surface area contributed by atoms with Gasteiger partial charge in [0.15, 0.2) is 0 Å². The highest BCUT2D eigenvalue weighted by Gasteiger charge is 2.34. The minimum absolute atomic E-state index is 0.0781. The lowest BCUT2D eigenvalue weighted by Crippen LogP contribution is -2.13. The van der Waals surface area contributed by atoms with E-state index in [1.165, 1.54) is 33.8 Å². The molecule has 7 rings (SSSR count). The number of nitrogens with one attached hydrogen (secondary N) is 2. The van der Waals surface area contributed by atoms with Gasteiger partial charge in [0, 0.05) is 0 Å². The number of anilines is 2. The third-order valence-corrected chi connectivity index (χ3v) is 10.1. The summed E-state index contributed by atoms with van der Waals surface area (Å²) in [6, 6.07) is 16.4. The van der Waals surface area contributed by atoms with Crippen LogP contribution >= 0.6 is 22.7 Å². The first-order valence-electron chi connectivity index (χ1n) is 14.2. The Labute approximate surface area is 252 Å². The molecule has 1 fully saturated rings. The van der Waals surface area contributed by atoms with Gasteiger partial charge in [-0.3, -0.25) is 9.59 Å². The first kappa shape index (κ1) is 26.7. The molecule has 2 aromatic heterocycles. The van der Waals surface area contributed by atoms with E-state index in [0.29, 0.717) is 23.1 Å². The molecule has 2 aromatic carbocycles. The molecule has 2 N–H and O–H groups in total. The second kappa shape index (κ2) is 11.6. The van der Waals surface area contributed by atoms with Gasteiger partial charge in [-0.15, -0.1) is 20.4 Å². The topological polar surface area (TPSA) is 110 Å². The highest BCUT2D eigenvalue weighted by molar-refractivity contribution is 7.15. The van der Waals surface area contributed by atoms with Gasteiger partial charge in [0.25, 0.3) is 0 Å². The van der Waals surface area contributed by atoms with E-state index >= 15 is 0 Å². The van der Waals surface area contributed by atoms with Crippen LogP contribution in [0.4, 0.5) is 10.3 Å². The molecule has 0 aliphatic heterocycles. The molecule has 0 radical (unpaired) electrons. The van der Waals surface area contributed by atoms with E-state index in [2.05, 4.69) is 73.9 Å². The average molecular weight is 594 g/mol. The van der Waals surface area contributed by atoms with Crippen LogP contribution in [0.5, 0.6) is 0 Å². The van der Waals surface area contributed by atoms with Crippen molar-refractivity contribution in [2.75, 3.05) is 10.6 Å². The fourth-order valence-corrected chi connectivity index (χ4v) is 7.83. The molecule has 2 amide bonds. The average Bonchev–Trinajstić information content (AvgIpc) is 3.82. The Morgan fingerprint density at radius 2 is 1.19 bits per heavy atom. The minimum atomic E-state index is -0.0781. The zero-order valence-electron chi connectivity index (χ0n) is 22.9. The second-order valence-corrected chi connectivity index (χ2v) is 12.9. The number of amides is 2. The standard InChI is InChI=1S/C32H28N6O2S2/c39-27(17-21-14-12-19-6-1-3-10-25(19)21)33-31-37-35-29(41-31)23-8-5-9-24(16-23)30-36-38-32(42-30)34-28(40)18-22-15-13-20-7-2-4-11-26(20)22/h1-7,10-11,14-15,23-24H,8-9,12-13,16-18H2,(H-,33,34,37,38,39,40)/p+1/t23-,24-/m0/s1. The smallest absolute Gasteiger partial charge is 0.230 e. The van der Waals surface area contributed by atoms with Crippen LogP contribution < -0.4 is 10.6 Å². The fraction of sp³-hybridized carbons (Fsp3) is 0.281. The van der Waals surface area contributed by atoms with Gasteiger partial charge in [0.1, 0.15) is 10.0 Å². The number of carbonyl (C=O) groups excluding carboxylic acids is 2. The van der Waals surface area contributed by atoms with Crippen molar-refractivity contribution in [3.8, 4) is 0 Å². The van der Waals surface area contributed by atoms with Gasteiger partial charge in [0.2, 0.25) is 22.1 Å². The van der Waals surface area contributed by atoms with Gasteiger partial charge >= 0.3 is 0 Å². The first-order valence-corrected chi connectivity index (χ1v) is 15.8. The molecule has 2 atom stereocenters. The number of aromatic nitrogens is 4. The van der Waals surface area contributed by atoms with Gasteiger partial charge in [0.05, 0.1) is 43.9 Å². The Hall–Kier alpha value is -4.15. The van der Waals surface area contributed by atoms with Crippen molar-refractivity contribution in [3.05, 3.63) is 99.4 Å². The highest BCUT2D eigenvalue weighted by atomic mass is 32.1. The number of nitrogens with zero attached hydrogens (tertiary/aromatic N) is 4. The SMILES string of the molecule is O=C(CC1=CCc2ccccc21)Nc1nnc([C@H]2C[CH+]C[C@H](c3nnc(NC(=O)CC4=CCc5ccccc54)s3)C2)s1. The van der Waals surface area contributed by atoms with Crippen molar-refractivity contribution >= 4 is 55.9 Å². The molecule has 3 aliphatic rings. The van der Waals surface area contributed by atoms with Crippen LogP contribution in [0.1, 0.15) is 76.2 Å². The summed E-state index contributed by atoms with van der Waals surface area (Å²) in [6.07, 6.45) is 11.6. The molecule has 8 nitrogen and oxygen atoms in total. The lowest BCUT2D eigenvalue weighted by atomic mass is 9.82. The van der Waals surface area contributed by atoms with Crippen LogP contribution in [-0.4, -0.2) is 32.2 Å². The molecule has 210 valence electrons. The molecule has 0 saturated heterocycles. The molecule has 0 unspecified atom stereocenters. The van der Waals surface area contributed by atoms with Crippen molar-refractivity contribution in [1.82, 2.24) is 20.4 Å². The normalized spacial score (nSPS) is 18.9. The third-order valence-electron chi connectivity index (χ3n) is 8.11. The summed E-state index contributed by atoms with van der Waals surface area (Å²) >= 11 is 2.89. The van der Waals surface area contributed by atoms with E-state index < -0.39 is 0 Å². The Balaban J connectivity index is 0.931. The van der Waals surface area contributed by atoms with Crippen molar-refractivity contribution in [2.45, 2.75) is 56.8 Å². The van der Waals surface area contributed by atoms with Gasteiger partial charge in [-0.1, -0.05) is 83.4 Å². The maximum Gasteiger partial charge on any atom is 0.230 e. The summed E-state index contributed by atoms with van der Waals surface area (Å²) in [5, 5.41) is 26.2. The number of fused-ring (bicyclic) bond motifs is 2. The van der Waals surface area contributed by atoms with Crippen molar-refractivity contribution in [2.24, 2.45) is 0 Å². The lowest BCUT2D eigenvalue weighted by molar-refractivity contribution is -0.116.